The van der Waals surface area contributed by atoms with Crippen LogP contribution in [0.25, 0.3) is 0 Å². The molecule has 100 valence electrons. The lowest BCUT2D eigenvalue weighted by molar-refractivity contribution is -0.122. The van der Waals surface area contributed by atoms with Crippen molar-refractivity contribution in [1.82, 2.24) is 10.2 Å². The van der Waals surface area contributed by atoms with E-state index >= 15 is 0 Å². The summed E-state index contributed by atoms with van der Waals surface area (Å²) in [5.41, 5.74) is 6.00. The number of nitrogens with zero attached hydrogens (tertiary/aromatic N) is 1. The van der Waals surface area contributed by atoms with Crippen LogP contribution in [0.4, 0.5) is 0 Å². The van der Waals surface area contributed by atoms with Gasteiger partial charge in [0, 0.05) is 20.2 Å². The fourth-order valence-corrected chi connectivity index (χ4v) is 2.19. The van der Waals surface area contributed by atoms with Gasteiger partial charge in [-0.25, -0.2) is 0 Å². The van der Waals surface area contributed by atoms with Gasteiger partial charge < -0.3 is 15.8 Å². The van der Waals surface area contributed by atoms with E-state index in [0.717, 1.165) is 19.5 Å². The molecule has 1 fully saturated rings. The Morgan fingerprint density at radius 1 is 1.53 bits per heavy atom. The van der Waals surface area contributed by atoms with Crippen molar-refractivity contribution in [3.05, 3.63) is 0 Å². The molecule has 17 heavy (non-hydrogen) atoms. The molecule has 0 unspecified atom stereocenters. The van der Waals surface area contributed by atoms with E-state index < -0.39 is 0 Å². The first-order valence-electron chi connectivity index (χ1n) is 6.26. The highest BCUT2D eigenvalue weighted by Gasteiger charge is 2.42. The average Bonchev–Trinajstić information content (AvgIpc) is 2.98. The van der Waals surface area contributed by atoms with E-state index in [-0.39, 0.29) is 5.91 Å². The fourth-order valence-electron chi connectivity index (χ4n) is 2.19. The summed E-state index contributed by atoms with van der Waals surface area (Å²) in [6.07, 6.45) is 3.57. The number of likely N-dealkylation sites (N-methyl/N-ethyl adjacent to an activating group) is 1. The van der Waals surface area contributed by atoms with Gasteiger partial charge in [0.1, 0.15) is 0 Å². The van der Waals surface area contributed by atoms with Crippen molar-refractivity contribution in [3.8, 4) is 0 Å². The molecule has 1 rings (SSSR count). The summed E-state index contributed by atoms with van der Waals surface area (Å²) < 4.78 is 4.88. The molecule has 5 nitrogen and oxygen atoms in total. The van der Waals surface area contributed by atoms with E-state index in [1.807, 2.05) is 7.05 Å². The first kappa shape index (κ1) is 14.4. The number of rotatable bonds is 9. The molecule has 0 heterocycles. The van der Waals surface area contributed by atoms with Gasteiger partial charge in [0.25, 0.3) is 0 Å². The number of amides is 1. The Labute approximate surface area is 104 Å². The molecule has 1 saturated carbocycles. The molecule has 1 amide bonds. The van der Waals surface area contributed by atoms with Crippen LogP contribution in [0.5, 0.6) is 0 Å². The van der Waals surface area contributed by atoms with Crippen molar-refractivity contribution in [2.24, 2.45) is 11.1 Å². The highest BCUT2D eigenvalue weighted by Crippen LogP contribution is 2.48. The summed E-state index contributed by atoms with van der Waals surface area (Å²) in [4.78, 5) is 13.6. The minimum absolute atomic E-state index is 0.0631. The molecule has 1 aliphatic carbocycles. The molecular formula is C12H25N3O2. The number of ether oxygens (including phenoxy) is 1. The predicted octanol–water partition coefficient (Wildman–Crippen LogP) is -0.190. The number of hydrogen-bond acceptors (Lipinski definition) is 4. The summed E-state index contributed by atoms with van der Waals surface area (Å²) in [7, 11) is 3.62. The van der Waals surface area contributed by atoms with Crippen LogP contribution < -0.4 is 11.1 Å². The topological polar surface area (TPSA) is 67.6 Å². The number of nitrogens with one attached hydrogen (secondary N) is 1. The average molecular weight is 243 g/mol. The highest BCUT2D eigenvalue weighted by molar-refractivity contribution is 5.77. The van der Waals surface area contributed by atoms with Crippen LogP contribution in [-0.2, 0) is 9.53 Å². The number of methoxy groups -OCH3 is 1. The van der Waals surface area contributed by atoms with E-state index in [4.69, 9.17) is 10.5 Å². The first-order chi connectivity index (χ1) is 8.12. The van der Waals surface area contributed by atoms with Gasteiger partial charge in [-0.2, -0.15) is 0 Å². The standard InChI is InChI=1S/C12H25N3O2/c1-15(9-11(16)14-7-8-17-2)10-12(3-4-12)5-6-13/h3-10,13H2,1-2H3,(H,14,16). The first-order valence-corrected chi connectivity index (χ1v) is 6.26. The van der Waals surface area contributed by atoms with Gasteiger partial charge in [-0.15, -0.1) is 0 Å². The molecule has 0 saturated heterocycles. The van der Waals surface area contributed by atoms with Crippen LogP contribution in [0.15, 0.2) is 0 Å². The molecule has 3 N–H and O–H groups in total. The Kier molecular flexibility index (Phi) is 5.88. The van der Waals surface area contributed by atoms with Crippen molar-refractivity contribution in [2.75, 3.05) is 46.9 Å². The Morgan fingerprint density at radius 3 is 2.76 bits per heavy atom. The summed E-state index contributed by atoms with van der Waals surface area (Å²) in [5, 5.41) is 2.82. The Balaban J connectivity index is 2.15. The summed E-state index contributed by atoms with van der Waals surface area (Å²) >= 11 is 0. The Hall–Kier alpha value is -0.650. The molecule has 5 heteroatoms. The zero-order chi connectivity index (χ0) is 12.7. The molecule has 0 aliphatic heterocycles. The number of carbonyl (C=O) groups excluding carboxylic acids is 1. The van der Waals surface area contributed by atoms with E-state index in [2.05, 4.69) is 10.2 Å². The quantitative estimate of drug-likeness (QED) is 0.551. The summed E-state index contributed by atoms with van der Waals surface area (Å²) in [6, 6.07) is 0. The van der Waals surface area contributed by atoms with E-state index in [9.17, 15) is 4.79 Å². The third-order valence-electron chi connectivity index (χ3n) is 3.28. The minimum atomic E-state index is 0.0631. The monoisotopic (exact) mass is 243 g/mol. The van der Waals surface area contributed by atoms with E-state index in [0.29, 0.717) is 25.1 Å². The molecule has 0 atom stereocenters. The molecule has 0 spiro atoms. The zero-order valence-electron chi connectivity index (χ0n) is 11.0. The SMILES string of the molecule is COCCNC(=O)CN(C)CC1(CCN)CC1. The Bertz CT molecular complexity index is 242. The molecule has 0 aromatic carbocycles. The van der Waals surface area contributed by atoms with Crippen molar-refractivity contribution in [2.45, 2.75) is 19.3 Å². The van der Waals surface area contributed by atoms with Crippen molar-refractivity contribution in [1.29, 1.82) is 0 Å². The maximum Gasteiger partial charge on any atom is 0.234 e. The summed E-state index contributed by atoms with van der Waals surface area (Å²) in [6.45, 7) is 3.31. The molecular weight excluding hydrogens is 218 g/mol. The van der Waals surface area contributed by atoms with Crippen molar-refractivity contribution in [3.63, 3.8) is 0 Å². The maximum absolute atomic E-state index is 11.6. The van der Waals surface area contributed by atoms with Crippen LogP contribution in [0, 0.1) is 5.41 Å². The van der Waals surface area contributed by atoms with Crippen LogP contribution in [0.3, 0.4) is 0 Å². The number of carbonyl (C=O) groups is 1. The molecule has 0 aromatic rings. The maximum atomic E-state index is 11.6. The van der Waals surface area contributed by atoms with Crippen molar-refractivity contribution >= 4 is 5.91 Å². The van der Waals surface area contributed by atoms with Gasteiger partial charge in [0.15, 0.2) is 0 Å². The lowest BCUT2D eigenvalue weighted by atomic mass is 10.0. The van der Waals surface area contributed by atoms with Crippen LogP contribution in [0.2, 0.25) is 0 Å². The largest absolute Gasteiger partial charge is 0.383 e. The normalized spacial score (nSPS) is 17.2. The minimum Gasteiger partial charge on any atom is -0.383 e. The van der Waals surface area contributed by atoms with Gasteiger partial charge in [-0.05, 0) is 38.3 Å². The lowest BCUT2D eigenvalue weighted by Gasteiger charge is -2.22. The summed E-state index contributed by atoms with van der Waals surface area (Å²) in [5.74, 6) is 0.0631. The third kappa shape index (κ3) is 5.48. The zero-order valence-corrected chi connectivity index (χ0v) is 11.0. The van der Waals surface area contributed by atoms with E-state index in [1.54, 1.807) is 7.11 Å². The second-order valence-corrected chi connectivity index (χ2v) is 5.05. The second kappa shape index (κ2) is 6.93. The molecule has 0 radical (unpaired) electrons. The van der Waals surface area contributed by atoms with Crippen molar-refractivity contribution < 1.29 is 9.53 Å². The molecule has 0 bridgehead atoms. The second-order valence-electron chi connectivity index (χ2n) is 5.05. The molecule has 1 aliphatic rings. The van der Waals surface area contributed by atoms with Gasteiger partial charge >= 0.3 is 0 Å². The van der Waals surface area contributed by atoms with Gasteiger partial charge in [0.05, 0.1) is 13.2 Å². The van der Waals surface area contributed by atoms with Gasteiger partial charge in [0.2, 0.25) is 5.91 Å². The van der Waals surface area contributed by atoms with Gasteiger partial charge in [-0.3, -0.25) is 9.69 Å². The number of hydrogen-bond donors (Lipinski definition) is 2. The van der Waals surface area contributed by atoms with Crippen LogP contribution in [-0.4, -0.2) is 57.8 Å². The fraction of sp³-hybridized carbons (Fsp3) is 0.917. The van der Waals surface area contributed by atoms with E-state index in [1.165, 1.54) is 12.8 Å². The third-order valence-corrected chi connectivity index (χ3v) is 3.28. The Morgan fingerprint density at radius 2 is 2.24 bits per heavy atom. The molecule has 0 aromatic heterocycles. The smallest absolute Gasteiger partial charge is 0.234 e. The highest BCUT2D eigenvalue weighted by atomic mass is 16.5. The van der Waals surface area contributed by atoms with Gasteiger partial charge in [-0.1, -0.05) is 0 Å². The lowest BCUT2D eigenvalue weighted by Crippen LogP contribution is -2.39. The number of nitrogens with two attached hydrogens (primary N) is 1. The van der Waals surface area contributed by atoms with Crippen LogP contribution >= 0.6 is 0 Å². The van der Waals surface area contributed by atoms with Crippen LogP contribution in [0.1, 0.15) is 19.3 Å². The predicted molar refractivity (Wildman–Crippen MR) is 67.7 cm³/mol.